The molecule has 1 aromatic carbocycles. The lowest BCUT2D eigenvalue weighted by atomic mass is 9.58. The number of rotatable bonds is 14. The molecular weight excluding hydrogens is 552 g/mol. The summed E-state index contributed by atoms with van der Waals surface area (Å²) in [5.74, 6) is 7.47. The summed E-state index contributed by atoms with van der Waals surface area (Å²) in [4.78, 5) is 11.7. The third kappa shape index (κ3) is 9.48. The molecule has 4 aliphatic rings. The fraction of sp³-hybridized carbons (Fsp3) is 0.786. The topological polar surface area (TPSA) is 46.5 Å². The summed E-state index contributed by atoms with van der Waals surface area (Å²) in [6, 6.07) is 7.14. The molecule has 0 radical (unpaired) electrons. The van der Waals surface area contributed by atoms with Crippen LogP contribution in [0.2, 0.25) is 0 Å². The zero-order valence-electron chi connectivity index (χ0n) is 29.1. The third-order valence-corrected chi connectivity index (χ3v) is 13.3. The number of aryl methyl sites for hydroxylation is 2. The van der Waals surface area contributed by atoms with E-state index in [9.17, 15) is 4.79 Å². The largest absolute Gasteiger partial charge is 0.462 e. The van der Waals surface area contributed by atoms with Gasteiger partial charge in [-0.3, -0.25) is 0 Å². The molecule has 4 unspecified atom stereocenters. The van der Waals surface area contributed by atoms with Gasteiger partial charge in [0.05, 0.1) is 18.8 Å². The zero-order chi connectivity index (χ0) is 31.6. The Morgan fingerprint density at radius 3 is 1.93 bits per heavy atom. The molecule has 0 aromatic heterocycles. The number of aliphatic hydroxyl groups is 1. The van der Waals surface area contributed by atoms with Gasteiger partial charge in [-0.05, 0) is 160 Å². The molecule has 0 spiro atoms. The third-order valence-electron chi connectivity index (χ3n) is 13.3. The normalized spacial score (nSPS) is 32.1. The molecule has 0 amide bonds. The second-order valence-electron chi connectivity index (χ2n) is 15.9. The number of carbonyl (C=O) groups is 1. The highest BCUT2D eigenvalue weighted by molar-refractivity contribution is 5.87. The summed E-state index contributed by atoms with van der Waals surface area (Å²) in [6.45, 7) is 8.19. The minimum Gasteiger partial charge on any atom is -0.462 e. The Balaban J connectivity index is 1.03. The Morgan fingerprint density at radius 2 is 1.36 bits per heavy atom. The van der Waals surface area contributed by atoms with E-state index >= 15 is 0 Å². The van der Waals surface area contributed by atoms with Crippen molar-refractivity contribution in [3.05, 3.63) is 47.0 Å². The molecule has 1 N–H and O–H groups in total. The number of aliphatic hydroxyl groups excluding tert-OH is 1. The maximum absolute atomic E-state index is 11.7. The average Bonchev–Trinajstić information content (AvgIpc) is 3.09. The van der Waals surface area contributed by atoms with Crippen LogP contribution < -0.4 is 0 Å². The molecular formula is C42H66O3. The molecule has 0 aliphatic heterocycles. The molecule has 0 heterocycles. The van der Waals surface area contributed by atoms with E-state index in [0.717, 1.165) is 66.6 Å². The van der Waals surface area contributed by atoms with Gasteiger partial charge in [0.15, 0.2) is 0 Å². The lowest BCUT2D eigenvalue weighted by molar-refractivity contribution is -0.139. The standard InChI is InChI=1S/C42H66O3/c1-4-6-7-9-31-11-14-34(15-12-31)37-20-22-40-28-38(21-23-39(40)27-37)35-16-18-36(19-17-35)41-24-13-32(26-33(41)5-2)10-8-25-45-42(44)30(3)29-43/h13,24,26,31,34-40,43H,3-12,14-23,25,27-29H2,1-2H3. The molecule has 4 fully saturated rings. The summed E-state index contributed by atoms with van der Waals surface area (Å²) in [5, 5.41) is 9.03. The molecule has 0 saturated heterocycles. The fourth-order valence-corrected chi connectivity index (χ4v) is 10.5. The van der Waals surface area contributed by atoms with Crippen LogP contribution in [-0.2, 0) is 22.4 Å². The number of benzene rings is 1. The summed E-state index contributed by atoms with van der Waals surface area (Å²) in [6.07, 6.45) is 29.6. The SMILES string of the molecule is C=C(CO)C(=O)OCCCc1ccc(C2CCC(C3CCC4CC(C5CCC(CCCCC)CC5)CCC4C3)CC2)c(CC)c1. The van der Waals surface area contributed by atoms with Crippen molar-refractivity contribution < 1.29 is 14.6 Å². The molecule has 4 aliphatic carbocycles. The lowest BCUT2D eigenvalue weighted by Crippen LogP contribution is -2.36. The minimum atomic E-state index is -0.487. The highest BCUT2D eigenvalue weighted by Crippen LogP contribution is 2.52. The summed E-state index contributed by atoms with van der Waals surface area (Å²) in [5.41, 5.74) is 4.58. The van der Waals surface area contributed by atoms with Gasteiger partial charge in [0, 0.05) is 0 Å². The Hall–Kier alpha value is -1.61. The van der Waals surface area contributed by atoms with E-state index in [0.29, 0.717) is 6.61 Å². The highest BCUT2D eigenvalue weighted by atomic mass is 16.5. The fourth-order valence-electron chi connectivity index (χ4n) is 10.5. The van der Waals surface area contributed by atoms with Gasteiger partial charge in [-0.25, -0.2) is 4.79 Å². The van der Waals surface area contributed by atoms with Gasteiger partial charge in [0.25, 0.3) is 0 Å². The van der Waals surface area contributed by atoms with Crippen LogP contribution in [0, 0.1) is 41.4 Å². The van der Waals surface area contributed by atoms with E-state index in [4.69, 9.17) is 9.84 Å². The lowest BCUT2D eigenvalue weighted by Gasteiger charge is -2.47. The van der Waals surface area contributed by atoms with Gasteiger partial charge in [-0.2, -0.15) is 0 Å². The number of unbranched alkanes of at least 4 members (excludes halogenated alkanes) is 2. The van der Waals surface area contributed by atoms with Crippen LogP contribution in [0.4, 0.5) is 0 Å². The van der Waals surface area contributed by atoms with Crippen molar-refractivity contribution in [3.63, 3.8) is 0 Å². The van der Waals surface area contributed by atoms with Gasteiger partial charge in [0.1, 0.15) is 0 Å². The molecule has 5 rings (SSSR count). The van der Waals surface area contributed by atoms with E-state index < -0.39 is 5.97 Å². The van der Waals surface area contributed by atoms with E-state index in [1.807, 2.05) is 0 Å². The van der Waals surface area contributed by atoms with Gasteiger partial charge >= 0.3 is 5.97 Å². The minimum absolute atomic E-state index is 0.123. The van der Waals surface area contributed by atoms with E-state index in [-0.39, 0.29) is 12.2 Å². The zero-order valence-corrected chi connectivity index (χ0v) is 29.1. The first-order valence-electron chi connectivity index (χ1n) is 19.6. The first-order chi connectivity index (χ1) is 22.0. The smallest absolute Gasteiger partial charge is 0.335 e. The summed E-state index contributed by atoms with van der Waals surface area (Å²) < 4.78 is 5.23. The number of fused-ring (bicyclic) bond motifs is 1. The van der Waals surface area contributed by atoms with Gasteiger partial charge < -0.3 is 9.84 Å². The molecule has 45 heavy (non-hydrogen) atoms. The number of esters is 1. The van der Waals surface area contributed by atoms with Gasteiger partial charge in [-0.1, -0.05) is 77.2 Å². The molecule has 1 aromatic rings. The maximum Gasteiger partial charge on any atom is 0.335 e. The maximum atomic E-state index is 11.7. The number of ether oxygens (including phenoxy) is 1. The Kier molecular flexibility index (Phi) is 13.5. The van der Waals surface area contributed by atoms with Crippen LogP contribution in [0.1, 0.15) is 158 Å². The molecule has 4 saturated carbocycles. The van der Waals surface area contributed by atoms with Crippen LogP contribution >= 0.6 is 0 Å². The Labute approximate surface area is 276 Å². The Bertz CT molecular complexity index is 1060. The van der Waals surface area contributed by atoms with E-state index in [2.05, 4.69) is 38.6 Å². The van der Waals surface area contributed by atoms with E-state index in [1.54, 1.807) is 44.1 Å². The van der Waals surface area contributed by atoms with Crippen molar-refractivity contribution in [2.24, 2.45) is 41.4 Å². The predicted octanol–water partition coefficient (Wildman–Crippen LogP) is 10.8. The molecule has 0 bridgehead atoms. The second kappa shape index (κ2) is 17.5. The summed E-state index contributed by atoms with van der Waals surface area (Å²) in [7, 11) is 0. The molecule has 3 heteroatoms. The highest BCUT2D eigenvalue weighted by Gasteiger charge is 2.41. The van der Waals surface area contributed by atoms with Crippen LogP contribution in [0.15, 0.2) is 30.4 Å². The van der Waals surface area contributed by atoms with Crippen molar-refractivity contribution in [1.82, 2.24) is 0 Å². The monoisotopic (exact) mass is 619 g/mol. The number of hydrogen-bond donors (Lipinski definition) is 1. The van der Waals surface area contributed by atoms with Gasteiger partial charge in [-0.15, -0.1) is 0 Å². The van der Waals surface area contributed by atoms with Crippen molar-refractivity contribution >= 4 is 5.97 Å². The molecule has 3 nitrogen and oxygen atoms in total. The van der Waals surface area contributed by atoms with Crippen molar-refractivity contribution in [1.29, 1.82) is 0 Å². The van der Waals surface area contributed by atoms with Crippen molar-refractivity contribution in [2.75, 3.05) is 13.2 Å². The van der Waals surface area contributed by atoms with E-state index in [1.165, 1.54) is 88.2 Å². The van der Waals surface area contributed by atoms with Crippen LogP contribution in [0.25, 0.3) is 0 Å². The van der Waals surface area contributed by atoms with Crippen molar-refractivity contribution in [2.45, 2.75) is 155 Å². The van der Waals surface area contributed by atoms with Gasteiger partial charge in [0.2, 0.25) is 0 Å². The first kappa shape index (κ1) is 34.7. The average molecular weight is 619 g/mol. The Morgan fingerprint density at radius 1 is 0.778 bits per heavy atom. The van der Waals surface area contributed by atoms with Crippen LogP contribution in [-0.4, -0.2) is 24.3 Å². The quantitative estimate of drug-likeness (QED) is 0.128. The predicted molar refractivity (Wildman–Crippen MR) is 187 cm³/mol. The van der Waals surface area contributed by atoms with Crippen LogP contribution in [0.3, 0.4) is 0 Å². The second-order valence-corrected chi connectivity index (χ2v) is 15.9. The van der Waals surface area contributed by atoms with Crippen molar-refractivity contribution in [3.8, 4) is 0 Å². The molecule has 4 atom stereocenters. The first-order valence-corrected chi connectivity index (χ1v) is 19.6. The number of carbonyl (C=O) groups excluding carboxylic acids is 1. The number of hydrogen-bond acceptors (Lipinski definition) is 3. The molecule has 252 valence electrons. The van der Waals surface area contributed by atoms with Crippen LogP contribution in [0.5, 0.6) is 0 Å². The summed E-state index contributed by atoms with van der Waals surface area (Å²) >= 11 is 0.